The van der Waals surface area contributed by atoms with Crippen molar-refractivity contribution in [1.82, 2.24) is 4.98 Å². The van der Waals surface area contributed by atoms with Crippen molar-refractivity contribution in [3.63, 3.8) is 0 Å². The van der Waals surface area contributed by atoms with E-state index in [1.54, 1.807) is 6.07 Å². The van der Waals surface area contributed by atoms with Gasteiger partial charge in [-0.05, 0) is 28.1 Å². The monoisotopic (exact) mass is 322 g/mol. The van der Waals surface area contributed by atoms with Crippen LogP contribution < -0.4 is 0 Å². The Balaban J connectivity index is 2.99. The number of carbonyl (C=O) groups excluding carboxylic acids is 1. The lowest BCUT2D eigenvalue weighted by Gasteiger charge is -2.00. The zero-order chi connectivity index (χ0) is 10.6. The standard InChI is InChI=1S/C7H4Br2N2O3/c8-3-4-1-2-5(6(9)10-4)7(12)14-11-13/h1-2H,3H2. The third-order valence-corrected chi connectivity index (χ3v) is 2.56. The van der Waals surface area contributed by atoms with Crippen molar-refractivity contribution >= 4 is 37.8 Å². The number of hydrogen-bond acceptors (Lipinski definition) is 5. The highest BCUT2D eigenvalue weighted by molar-refractivity contribution is 9.10. The summed E-state index contributed by atoms with van der Waals surface area (Å²) < 4.78 is 0.322. The Morgan fingerprint density at radius 2 is 2.29 bits per heavy atom. The van der Waals surface area contributed by atoms with E-state index in [-0.39, 0.29) is 5.56 Å². The second-order valence-electron chi connectivity index (χ2n) is 2.23. The first-order chi connectivity index (χ1) is 6.69. The molecule has 74 valence electrons. The van der Waals surface area contributed by atoms with Crippen molar-refractivity contribution in [2.24, 2.45) is 5.34 Å². The zero-order valence-corrected chi connectivity index (χ0v) is 9.91. The molecule has 0 aliphatic carbocycles. The van der Waals surface area contributed by atoms with Crippen LogP contribution in [0.5, 0.6) is 0 Å². The molecule has 1 aromatic rings. The molecule has 1 heterocycles. The Hall–Kier alpha value is -0.820. The van der Waals surface area contributed by atoms with Gasteiger partial charge in [0, 0.05) is 5.33 Å². The summed E-state index contributed by atoms with van der Waals surface area (Å²) in [7, 11) is 0. The quantitative estimate of drug-likeness (QED) is 0.371. The topological polar surface area (TPSA) is 68.6 Å². The van der Waals surface area contributed by atoms with Gasteiger partial charge in [0.2, 0.25) is 0 Å². The number of rotatable bonds is 3. The van der Waals surface area contributed by atoms with Crippen molar-refractivity contribution in [2.75, 3.05) is 0 Å². The summed E-state index contributed by atoms with van der Waals surface area (Å²) in [6, 6.07) is 3.14. The van der Waals surface area contributed by atoms with Gasteiger partial charge in [-0.1, -0.05) is 15.9 Å². The maximum Gasteiger partial charge on any atom is 0.372 e. The number of halogens is 2. The second kappa shape index (κ2) is 5.16. The highest BCUT2D eigenvalue weighted by Crippen LogP contribution is 2.17. The molecule has 1 aromatic heterocycles. The van der Waals surface area contributed by atoms with Crippen LogP contribution in [0.2, 0.25) is 0 Å². The van der Waals surface area contributed by atoms with E-state index in [9.17, 15) is 9.70 Å². The molecular weight excluding hydrogens is 320 g/mol. The molecule has 0 radical (unpaired) electrons. The minimum Gasteiger partial charge on any atom is -0.279 e. The summed E-state index contributed by atoms with van der Waals surface area (Å²) in [5.41, 5.74) is 0.918. The molecule has 0 atom stereocenters. The summed E-state index contributed by atoms with van der Waals surface area (Å²) in [6.07, 6.45) is 0. The van der Waals surface area contributed by atoms with E-state index in [0.29, 0.717) is 9.93 Å². The van der Waals surface area contributed by atoms with Crippen LogP contribution in [0.4, 0.5) is 0 Å². The Morgan fingerprint density at radius 3 is 2.79 bits per heavy atom. The van der Waals surface area contributed by atoms with E-state index in [2.05, 4.69) is 41.7 Å². The van der Waals surface area contributed by atoms with Gasteiger partial charge in [0.15, 0.2) is 5.34 Å². The lowest BCUT2D eigenvalue weighted by molar-refractivity contribution is 0.0506. The first kappa shape index (κ1) is 11.3. The van der Waals surface area contributed by atoms with Gasteiger partial charge in [-0.25, -0.2) is 9.78 Å². The third-order valence-electron chi connectivity index (χ3n) is 1.38. The first-order valence-corrected chi connectivity index (χ1v) is 5.36. The highest BCUT2D eigenvalue weighted by atomic mass is 79.9. The SMILES string of the molecule is O=NOC(=O)c1ccc(CBr)nc1Br. The fourth-order valence-corrected chi connectivity index (χ4v) is 1.62. The van der Waals surface area contributed by atoms with Crippen LogP contribution in [0.25, 0.3) is 0 Å². The summed E-state index contributed by atoms with van der Waals surface area (Å²) in [6.45, 7) is 0. The maximum atomic E-state index is 11.1. The molecule has 14 heavy (non-hydrogen) atoms. The Morgan fingerprint density at radius 1 is 1.57 bits per heavy atom. The number of aromatic nitrogens is 1. The zero-order valence-electron chi connectivity index (χ0n) is 6.74. The molecule has 0 N–H and O–H groups in total. The van der Waals surface area contributed by atoms with Gasteiger partial charge in [-0.15, -0.1) is 4.91 Å². The van der Waals surface area contributed by atoms with Crippen LogP contribution in [0.15, 0.2) is 22.1 Å². The molecule has 0 unspecified atom stereocenters. The first-order valence-electron chi connectivity index (χ1n) is 3.44. The molecule has 0 aromatic carbocycles. The van der Waals surface area contributed by atoms with Gasteiger partial charge < -0.3 is 0 Å². The van der Waals surface area contributed by atoms with Crippen molar-refractivity contribution < 1.29 is 9.63 Å². The van der Waals surface area contributed by atoms with Crippen molar-refractivity contribution in [3.8, 4) is 0 Å². The lowest BCUT2D eigenvalue weighted by Crippen LogP contribution is -2.03. The maximum absolute atomic E-state index is 11.1. The molecule has 0 saturated carbocycles. The third kappa shape index (κ3) is 2.58. The summed E-state index contributed by atoms with van der Waals surface area (Å²) in [5.74, 6) is -0.833. The molecule has 0 aliphatic heterocycles. The fraction of sp³-hybridized carbons (Fsp3) is 0.143. The van der Waals surface area contributed by atoms with Crippen molar-refractivity contribution in [1.29, 1.82) is 0 Å². The average molecular weight is 324 g/mol. The number of pyridine rings is 1. The smallest absolute Gasteiger partial charge is 0.279 e. The van der Waals surface area contributed by atoms with E-state index in [1.807, 2.05) is 5.34 Å². The predicted octanol–water partition coefficient (Wildman–Crippen LogP) is 2.58. The van der Waals surface area contributed by atoms with E-state index in [1.165, 1.54) is 6.07 Å². The molecule has 5 nitrogen and oxygen atoms in total. The summed E-state index contributed by atoms with van der Waals surface area (Å²) in [5, 5.41) is 2.61. The number of alkyl halides is 1. The molecule has 0 saturated heterocycles. The largest absolute Gasteiger partial charge is 0.372 e. The van der Waals surface area contributed by atoms with Crippen molar-refractivity contribution in [2.45, 2.75) is 5.33 Å². The molecule has 7 heteroatoms. The van der Waals surface area contributed by atoms with Crippen LogP contribution in [-0.2, 0) is 10.2 Å². The van der Waals surface area contributed by atoms with Gasteiger partial charge in [0.1, 0.15) is 4.60 Å². The van der Waals surface area contributed by atoms with Gasteiger partial charge in [-0.2, -0.15) is 0 Å². The van der Waals surface area contributed by atoms with Crippen LogP contribution in [0, 0.1) is 4.91 Å². The normalized spacial score (nSPS) is 9.57. The van der Waals surface area contributed by atoms with Gasteiger partial charge in [-0.3, -0.25) is 4.84 Å². The Kier molecular flexibility index (Phi) is 4.15. The highest BCUT2D eigenvalue weighted by Gasteiger charge is 2.13. The summed E-state index contributed by atoms with van der Waals surface area (Å²) >= 11 is 6.30. The van der Waals surface area contributed by atoms with Crippen LogP contribution in [-0.4, -0.2) is 11.0 Å². The summed E-state index contributed by atoms with van der Waals surface area (Å²) in [4.78, 5) is 28.7. The van der Waals surface area contributed by atoms with E-state index < -0.39 is 5.97 Å². The molecule has 1 rings (SSSR count). The van der Waals surface area contributed by atoms with Crippen LogP contribution >= 0.6 is 31.9 Å². The van der Waals surface area contributed by atoms with Gasteiger partial charge in [0.05, 0.1) is 11.3 Å². The lowest BCUT2D eigenvalue weighted by atomic mass is 10.2. The minimum atomic E-state index is -0.833. The number of hydrogen-bond donors (Lipinski definition) is 0. The molecule has 0 spiro atoms. The molecular formula is C7H4Br2N2O3. The molecule has 0 fully saturated rings. The molecule has 0 bridgehead atoms. The van der Waals surface area contributed by atoms with E-state index >= 15 is 0 Å². The average Bonchev–Trinajstić information content (AvgIpc) is 2.17. The Bertz CT molecular complexity index is 370. The van der Waals surface area contributed by atoms with Gasteiger partial charge in [0.25, 0.3) is 0 Å². The molecule has 0 amide bonds. The molecule has 0 aliphatic rings. The Labute approximate surface area is 96.0 Å². The van der Waals surface area contributed by atoms with E-state index in [4.69, 9.17) is 0 Å². The minimum absolute atomic E-state index is 0.161. The van der Waals surface area contributed by atoms with Crippen LogP contribution in [0.3, 0.4) is 0 Å². The predicted molar refractivity (Wildman–Crippen MR) is 55.8 cm³/mol. The number of carbonyl (C=O) groups is 1. The van der Waals surface area contributed by atoms with Gasteiger partial charge >= 0.3 is 5.97 Å². The van der Waals surface area contributed by atoms with Crippen LogP contribution in [0.1, 0.15) is 16.1 Å². The second-order valence-corrected chi connectivity index (χ2v) is 3.54. The number of nitrogens with zero attached hydrogens (tertiary/aromatic N) is 2. The fourth-order valence-electron chi connectivity index (χ4n) is 0.782. The van der Waals surface area contributed by atoms with Crippen molar-refractivity contribution in [3.05, 3.63) is 32.9 Å². The van der Waals surface area contributed by atoms with E-state index in [0.717, 1.165) is 5.69 Å².